The van der Waals surface area contributed by atoms with Gasteiger partial charge in [-0.25, -0.2) is 0 Å². The van der Waals surface area contributed by atoms with Crippen LogP contribution in [-0.2, 0) is 9.59 Å². The standard InChI is InChI=1S/C28H42N6O2S/c1-18(2)27-31-30-19(3)34(27)24-16-22-7-8-23(17-24)33(22)14-11-25(26-6-5-15-37-26)29-28(36)21-9-12-32(13-10-21)20(4)35/h5-6,15,18,21-25H,7-14,16-17H2,1-4H3,(H,29,36)/t22?,23?,24?,25-/m0/s1. The van der Waals surface area contributed by atoms with E-state index < -0.39 is 0 Å². The minimum absolute atomic E-state index is 0.00725. The Hall–Kier alpha value is -2.26. The molecule has 3 aliphatic heterocycles. The lowest BCUT2D eigenvalue weighted by molar-refractivity contribution is -0.134. The molecule has 202 valence electrons. The van der Waals surface area contributed by atoms with E-state index in [2.05, 4.69) is 63.3 Å². The number of nitrogens with zero attached hydrogens (tertiary/aromatic N) is 5. The molecule has 0 aromatic carbocycles. The highest BCUT2D eigenvalue weighted by Crippen LogP contribution is 2.42. The molecule has 2 amide bonds. The lowest BCUT2D eigenvalue weighted by Crippen LogP contribution is -2.46. The van der Waals surface area contributed by atoms with Gasteiger partial charge in [-0.1, -0.05) is 19.9 Å². The van der Waals surface area contributed by atoms with Crippen LogP contribution in [0.3, 0.4) is 0 Å². The fourth-order valence-corrected chi connectivity index (χ4v) is 7.66. The first-order valence-electron chi connectivity index (χ1n) is 14.1. The van der Waals surface area contributed by atoms with Crippen molar-refractivity contribution in [2.45, 2.75) is 103 Å². The summed E-state index contributed by atoms with van der Waals surface area (Å²) in [6.45, 7) is 10.5. The summed E-state index contributed by atoms with van der Waals surface area (Å²) in [5.41, 5.74) is 0. The van der Waals surface area contributed by atoms with Crippen molar-refractivity contribution in [1.82, 2.24) is 29.9 Å². The van der Waals surface area contributed by atoms with Crippen LogP contribution in [0.2, 0.25) is 0 Å². The average molecular weight is 527 g/mol. The number of carbonyl (C=O) groups excluding carboxylic acids is 2. The van der Waals surface area contributed by atoms with E-state index in [0.717, 1.165) is 50.3 Å². The average Bonchev–Trinajstić information content (AvgIpc) is 3.60. The van der Waals surface area contributed by atoms with E-state index in [1.54, 1.807) is 18.3 Å². The monoisotopic (exact) mass is 526 g/mol. The van der Waals surface area contributed by atoms with Crippen LogP contribution in [0.1, 0.15) is 100 Å². The van der Waals surface area contributed by atoms with Crippen molar-refractivity contribution in [3.8, 4) is 0 Å². The maximum absolute atomic E-state index is 13.2. The number of aromatic nitrogens is 3. The second-order valence-electron chi connectivity index (χ2n) is 11.5. The molecule has 2 aromatic rings. The van der Waals surface area contributed by atoms with Gasteiger partial charge >= 0.3 is 0 Å². The lowest BCUT2D eigenvalue weighted by atomic mass is 9.94. The van der Waals surface area contributed by atoms with Crippen LogP contribution in [0.5, 0.6) is 0 Å². The van der Waals surface area contributed by atoms with Gasteiger partial charge in [0.25, 0.3) is 0 Å². The zero-order chi connectivity index (χ0) is 26.1. The molecule has 9 heteroatoms. The molecule has 1 N–H and O–H groups in total. The molecule has 2 unspecified atom stereocenters. The largest absolute Gasteiger partial charge is 0.348 e. The van der Waals surface area contributed by atoms with Gasteiger partial charge in [0.2, 0.25) is 11.8 Å². The maximum Gasteiger partial charge on any atom is 0.223 e. The van der Waals surface area contributed by atoms with Crippen molar-refractivity contribution in [1.29, 1.82) is 0 Å². The Bertz CT molecular complexity index is 1060. The Labute approximate surface area is 224 Å². The van der Waals surface area contributed by atoms with Crippen molar-refractivity contribution >= 4 is 23.2 Å². The summed E-state index contributed by atoms with van der Waals surface area (Å²) >= 11 is 1.73. The van der Waals surface area contributed by atoms with Gasteiger partial charge < -0.3 is 14.8 Å². The molecule has 0 saturated carbocycles. The van der Waals surface area contributed by atoms with Gasteiger partial charge in [-0.3, -0.25) is 14.5 Å². The third kappa shape index (κ3) is 5.62. The zero-order valence-corrected chi connectivity index (χ0v) is 23.5. The molecule has 3 fully saturated rings. The summed E-state index contributed by atoms with van der Waals surface area (Å²) < 4.78 is 2.42. The van der Waals surface area contributed by atoms with Crippen LogP contribution in [0.25, 0.3) is 0 Å². The van der Waals surface area contributed by atoms with Gasteiger partial charge in [0, 0.05) is 61.4 Å². The van der Waals surface area contributed by atoms with Crippen LogP contribution in [0, 0.1) is 12.8 Å². The summed E-state index contributed by atoms with van der Waals surface area (Å²) in [6.07, 6.45) is 7.25. The number of carbonyl (C=O) groups is 2. The minimum atomic E-state index is -0.00725. The number of rotatable bonds is 8. The lowest BCUT2D eigenvalue weighted by Gasteiger charge is -2.40. The van der Waals surface area contributed by atoms with Crippen LogP contribution in [0.15, 0.2) is 17.5 Å². The molecule has 2 aromatic heterocycles. The zero-order valence-electron chi connectivity index (χ0n) is 22.7. The molecule has 3 aliphatic rings. The van der Waals surface area contributed by atoms with E-state index in [1.807, 2.05) is 4.90 Å². The van der Waals surface area contributed by atoms with Crippen molar-refractivity contribution in [3.05, 3.63) is 34.0 Å². The molecule has 3 saturated heterocycles. The molecule has 8 nitrogen and oxygen atoms in total. The predicted molar refractivity (Wildman–Crippen MR) is 145 cm³/mol. The minimum Gasteiger partial charge on any atom is -0.348 e. The Morgan fingerprint density at radius 1 is 1.08 bits per heavy atom. The molecule has 3 atom stereocenters. The Balaban J connectivity index is 1.21. The second-order valence-corrected chi connectivity index (χ2v) is 12.5. The summed E-state index contributed by atoms with van der Waals surface area (Å²) in [7, 11) is 0. The van der Waals surface area contributed by atoms with E-state index in [-0.39, 0.29) is 23.8 Å². The molecule has 5 heterocycles. The fraction of sp³-hybridized carbons (Fsp3) is 0.714. The van der Waals surface area contributed by atoms with Crippen LogP contribution < -0.4 is 5.32 Å². The summed E-state index contributed by atoms with van der Waals surface area (Å²) in [4.78, 5) is 30.7. The number of hydrogen-bond acceptors (Lipinski definition) is 6. The van der Waals surface area contributed by atoms with Gasteiger partial charge in [-0.15, -0.1) is 21.5 Å². The van der Waals surface area contributed by atoms with Crippen LogP contribution >= 0.6 is 11.3 Å². The first kappa shape index (κ1) is 26.4. The first-order chi connectivity index (χ1) is 17.8. The highest BCUT2D eigenvalue weighted by atomic mass is 32.1. The Kier molecular flexibility index (Phi) is 8.00. The van der Waals surface area contributed by atoms with Crippen LogP contribution in [0.4, 0.5) is 0 Å². The summed E-state index contributed by atoms with van der Waals surface area (Å²) in [5.74, 6) is 2.77. The molecular weight excluding hydrogens is 484 g/mol. The number of aryl methyl sites for hydroxylation is 1. The molecule has 37 heavy (non-hydrogen) atoms. The molecular formula is C28H42N6O2S. The number of piperidine rings is 2. The van der Waals surface area contributed by atoms with Gasteiger partial charge in [-0.2, -0.15) is 0 Å². The van der Waals surface area contributed by atoms with E-state index in [4.69, 9.17) is 0 Å². The molecule has 2 bridgehead atoms. The van der Waals surface area contributed by atoms with Gasteiger partial charge in [0.05, 0.1) is 6.04 Å². The topological polar surface area (TPSA) is 83.4 Å². The number of hydrogen-bond donors (Lipinski definition) is 1. The van der Waals surface area contributed by atoms with E-state index in [0.29, 0.717) is 37.1 Å². The first-order valence-corrected chi connectivity index (χ1v) is 15.0. The van der Waals surface area contributed by atoms with Crippen molar-refractivity contribution in [2.24, 2.45) is 5.92 Å². The smallest absolute Gasteiger partial charge is 0.223 e. The van der Waals surface area contributed by atoms with Gasteiger partial charge in [-0.05, 0) is 63.3 Å². The van der Waals surface area contributed by atoms with Crippen molar-refractivity contribution < 1.29 is 9.59 Å². The quantitative estimate of drug-likeness (QED) is 0.550. The third-order valence-electron chi connectivity index (χ3n) is 8.82. The molecule has 5 rings (SSSR count). The number of fused-ring (bicyclic) bond motifs is 2. The maximum atomic E-state index is 13.2. The van der Waals surface area contributed by atoms with Gasteiger partial charge in [0.15, 0.2) is 0 Å². The normalized spacial score (nSPS) is 25.5. The third-order valence-corrected chi connectivity index (χ3v) is 9.81. The molecule has 0 spiro atoms. The Morgan fingerprint density at radius 3 is 2.38 bits per heavy atom. The summed E-state index contributed by atoms with van der Waals surface area (Å²) in [5, 5.41) is 14.4. The summed E-state index contributed by atoms with van der Waals surface area (Å²) in [6, 6.07) is 5.92. The van der Waals surface area contributed by atoms with Crippen molar-refractivity contribution in [2.75, 3.05) is 19.6 Å². The number of nitrogens with one attached hydrogen (secondary N) is 1. The van der Waals surface area contributed by atoms with Gasteiger partial charge in [0.1, 0.15) is 11.6 Å². The van der Waals surface area contributed by atoms with E-state index in [9.17, 15) is 9.59 Å². The van der Waals surface area contributed by atoms with E-state index in [1.165, 1.54) is 17.7 Å². The second kappa shape index (κ2) is 11.2. The van der Waals surface area contributed by atoms with E-state index >= 15 is 0 Å². The fourth-order valence-electron chi connectivity index (χ4n) is 6.85. The predicted octanol–water partition coefficient (Wildman–Crippen LogP) is 4.45. The van der Waals surface area contributed by atoms with Crippen LogP contribution in [-0.4, -0.2) is 68.1 Å². The number of thiophene rings is 1. The number of amides is 2. The van der Waals surface area contributed by atoms with Crippen molar-refractivity contribution in [3.63, 3.8) is 0 Å². The highest BCUT2D eigenvalue weighted by Gasteiger charge is 2.42. The number of likely N-dealkylation sites (tertiary alicyclic amines) is 1. The molecule has 0 aliphatic carbocycles. The molecule has 0 radical (unpaired) electrons. The Morgan fingerprint density at radius 2 is 1.78 bits per heavy atom. The highest BCUT2D eigenvalue weighted by molar-refractivity contribution is 7.10. The SMILES string of the molecule is CC(=O)N1CCC(C(=O)N[C@@H](CCN2C3CCC2CC(n2c(C)nnc2C(C)C)C3)c2cccs2)CC1.